The average molecular weight is 559 g/mol. The van der Waals surface area contributed by atoms with Crippen LogP contribution in [0.1, 0.15) is 40.5 Å². The normalized spacial score (nSPS) is 18.8. The maximum absolute atomic E-state index is 14.3. The Labute approximate surface area is 219 Å². The highest BCUT2D eigenvalue weighted by Gasteiger charge is 2.63. The third kappa shape index (κ3) is 5.06. The van der Waals surface area contributed by atoms with Crippen molar-refractivity contribution in [1.82, 2.24) is 14.8 Å². The van der Waals surface area contributed by atoms with Crippen molar-refractivity contribution in [2.45, 2.75) is 38.2 Å². The van der Waals surface area contributed by atoms with E-state index in [0.29, 0.717) is 17.7 Å². The summed E-state index contributed by atoms with van der Waals surface area (Å²) in [5, 5.41) is 2.60. The van der Waals surface area contributed by atoms with E-state index in [1.807, 2.05) is 0 Å². The number of carbonyl (C=O) groups is 1. The summed E-state index contributed by atoms with van der Waals surface area (Å²) in [4.78, 5) is 25.0. The zero-order valence-electron chi connectivity index (χ0n) is 19.4. The molecule has 1 unspecified atom stereocenters. The van der Waals surface area contributed by atoms with Crippen molar-refractivity contribution in [2.75, 3.05) is 19.9 Å². The monoisotopic (exact) mass is 558 g/mol. The number of terminal acetylenes is 1. The topological polar surface area (TPSA) is 67.3 Å². The van der Waals surface area contributed by atoms with Crippen molar-refractivity contribution in [1.29, 1.82) is 0 Å². The fourth-order valence-corrected chi connectivity index (χ4v) is 4.56. The molecule has 2 aliphatic heterocycles. The molecule has 37 heavy (non-hydrogen) atoms. The van der Waals surface area contributed by atoms with Gasteiger partial charge in [-0.15, -0.1) is 6.42 Å². The zero-order chi connectivity index (χ0) is 27.0. The van der Waals surface area contributed by atoms with Crippen LogP contribution in [0.3, 0.4) is 0 Å². The minimum Gasteiger partial charge on any atom is -0.372 e. The number of hydrogen-bond acceptors (Lipinski definition) is 6. The Bertz CT molecular complexity index is 1270. The number of amidine groups is 1. The molecule has 2 aromatic rings. The van der Waals surface area contributed by atoms with E-state index in [2.05, 4.69) is 16.1 Å². The Balaban J connectivity index is 1.55. The molecule has 1 amide bonds. The molecule has 3 heterocycles. The number of aromatic nitrogens is 1. The van der Waals surface area contributed by atoms with E-state index in [4.69, 9.17) is 39.2 Å². The van der Waals surface area contributed by atoms with Gasteiger partial charge in [0.05, 0.1) is 23.0 Å². The summed E-state index contributed by atoms with van der Waals surface area (Å²) in [6, 6.07) is 3.24. The minimum absolute atomic E-state index is 0.00445. The molecule has 1 atom stereocenters. The van der Waals surface area contributed by atoms with Crippen LogP contribution < -0.4 is 0 Å². The van der Waals surface area contributed by atoms with Crippen molar-refractivity contribution < 1.29 is 31.9 Å². The van der Waals surface area contributed by atoms with Crippen LogP contribution in [0.2, 0.25) is 10.0 Å². The largest absolute Gasteiger partial charge is 0.435 e. The molecule has 7 nitrogen and oxygen atoms in total. The average Bonchev–Trinajstić information content (AvgIpc) is 3.49. The number of oxime groups is 1. The molecule has 13 heteroatoms. The fraction of sp³-hybridized carbons (Fsp3) is 0.375. The van der Waals surface area contributed by atoms with E-state index >= 15 is 0 Å². The van der Waals surface area contributed by atoms with Gasteiger partial charge in [-0.1, -0.05) is 34.3 Å². The van der Waals surface area contributed by atoms with Gasteiger partial charge < -0.3 is 19.4 Å². The van der Waals surface area contributed by atoms with Crippen LogP contribution in [0, 0.1) is 18.2 Å². The second-order valence-electron chi connectivity index (χ2n) is 8.38. The van der Waals surface area contributed by atoms with E-state index in [1.54, 1.807) is 17.9 Å². The summed E-state index contributed by atoms with van der Waals surface area (Å²) in [5.41, 5.74) is -1.84. The molecule has 0 spiro atoms. The molecular weight excluding hydrogens is 539 g/mol. The third-order valence-electron chi connectivity index (χ3n) is 6.03. The van der Waals surface area contributed by atoms with E-state index < -0.39 is 45.5 Å². The molecule has 0 saturated carbocycles. The maximum Gasteiger partial charge on any atom is 0.435 e. The maximum atomic E-state index is 14.3. The standard InChI is InChI=1S/C24H20Cl2F4N4O3/c1-3-5-33(13-36-4-2)22(35)19-6-14-11-34(12-15(14)10-31-19)20-9-23(37-32-20,24(28,29)30)16-7-17(25)21(27)18(26)8-16/h1,6-8,10H,4-5,9,11-13H2,2H3. The van der Waals surface area contributed by atoms with Gasteiger partial charge in [0.1, 0.15) is 18.3 Å². The Hall–Kier alpha value is -3.07. The van der Waals surface area contributed by atoms with Gasteiger partial charge in [0.25, 0.3) is 11.5 Å². The zero-order valence-corrected chi connectivity index (χ0v) is 20.9. The number of benzene rings is 1. The molecule has 1 aromatic carbocycles. The summed E-state index contributed by atoms with van der Waals surface area (Å²) >= 11 is 11.5. The quantitative estimate of drug-likeness (QED) is 0.213. The Morgan fingerprint density at radius 2 is 1.95 bits per heavy atom. The van der Waals surface area contributed by atoms with Crippen molar-refractivity contribution in [3.8, 4) is 12.3 Å². The van der Waals surface area contributed by atoms with Gasteiger partial charge in [-0.25, -0.2) is 4.39 Å². The summed E-state index contributed by atoms with van der Waals surface area (Å²) < 4.78 is 62.0. The molecule has 0 saturated heterocycles. The summed E-state index contributed by atoms with van der Waals surface area (Å²) in [5.74, 6) is 0.950. The number of carbonyl (C=O) groups excluding carboxylic acids is 1. The molecule has 1 aromatic heterocycles. The van der Waals surface area contributed by atoms with Gasteiger partial charge in [-0.05, 0) is 36.2 Å². The van der Waals surface area contributed by atoms with Crippen molar-refractivity contribution in [2.24, 2.45) is 5.16 Å². The number of fused-ring (bicyclic) bond motifs is 1. The van der Waals surface area contributed by atoms with Crippen LogP contribution >= 0.6 is 23.2 Å². The first-order valence-corrected chi connectivity index (χ1v) is 11.8. The number of pyridine rings is 1. The van der Waals surface area contributed by atoms with E-state index in [1.165, 1.54) is 11.1 Å². The van der Waals surface area contributed by atoms with Gasteiger partial charge in [-0.3, -0.25) is 9.78 Å². The van der Waals surface area contributed by atoms with Crippen LogP contribution in [0.4, 0.5) is 17.6 Å². The first-order valence-electron chi connectivity index (χ1n) is 11.0. The van der Waals surface area contributed by atoms with Crippen LogP contribution in [0.15, 0.2) is 29.6 Å². The number of alkyl halides is 3. The number of rotatable bonds is 6. The highest BCUT2D eigenvalue weighted by molar-refractivity contribution is 6.35. The number of amides is 1. The lowest BCUT2D eigenvalue weighted by atomic mass is 9.89. The first kappa shape index (κ1) is 27.0. The summed E-state index contributed by atoms with van der Waals surface area (Å²) in [6.07, 6.45) is 1.23. The predicted octanol–water partition coefficient (Wildman–Crippen LogP) is 5.10. The smallest absolute Gasteiger partial charge is 0.372 e. The molecule has 196 valence electrons. The summed E-state index contributed by atoms with van der Waals surface area (Å²) in [7, 11) is 0. The molecule has 0 N–H and O–H groups in total. The van der Waals surface area contributed by atoms with Crippen LogP contribution in [0.5, 0.6) is 0 Å². The Morgan fingerprint density at radius 1 is 1.27 bits per heavy atom. The molecular formula is C24H20Cl2F4N4O3. The lowest BCUT2D eigenvalue weighted by molar-refractivity contribution is -0.275. The van der Waals surface area contributed by atoms with Gasteiger partial charge in [0, 0.05) is 31.5 Å². The van der Waals surface area contributed by atoms with E-state index in [0.717, 1.165) is 12.1 Å². The molecule has 2 aliphatic rings. The SMILES string of the molecule is C#CCN(COCC)C(=O)c1cc2c(cn1)CN(C1=NOC(c3cc(Cl)c(F)c(Cl)c3)(C(F)(F)F)C1)C2. The highest BCUT2D eigenvalue weighted by atomic mass is 35.5. The number of nitrogens with zero attached hydrogens (tertiary/aromatic N) is 4. The van der Waals surface area contributed by atoms with Crippen LogP contribution in [-0.4, -0.2) is 52.6 Å². The van der Waals surface area contributed by atoms with Crippen LogP contribution in [-0.2, 0) is 28.3 Å². The highest BCUT2D eigenvalue weighted by Crippen LogP contribution is 2.50. The van der Waals surface area contributed by atoms with Gasteiger partial charge in [0.2, 0.25) is 0 Å². The predicted molar refractivity (Wildman–Crippen MR) is 127 cm³/mol. The molecule has 0 bridgehead atoms. The molecule has 4 rings (SSSR count). The lowest BCUT2D eigenvalue weighted by Crippen LogP contribution is -2.44. The lowest BCUT2D eigenvalue weighted by Gasteiger charge is -2.30. The third-order valence-corrected chi connectivity index (χ3v) is 6.58. The first-order chi connectivity index (χ1) is 17.5. The van der Waals surface area contributed by atoms with Gasteiger partial charge in [-0.2, -0.15) is 13.2 Å². The van der Waals surface area contributed by atoms with E-state index in [9.17, 15) is 22.4 Å². The summed E-state index contributed by atoms with van der Waals surface area (Å²) in [6.45, 7) is 2.55. The van der Waals surface area contributed by atoms with Crippen molar-refractivity contribution in [3.63, 3.8) is 0 Å². The second kappa shape index (κ2) is 10.4. The number of hydrogen-bond donors (Lipinski definition) is 0. The van der Waals surface area contributed by atoms with Gasteiger partial charge in [0.15, 0.2) is 5.82 Å². The van der Waals surface area contributed by atoms with Crippen molar-refractivity contribution in [3.05, 3.63) is 62.6 Å². The number of ether oxygens (including phenoxy) is 1. The Kier molecular flexibility index (Phi) is 7.55. The molecule has 0 fully saturated rings. The minimum atomic E-state index is -4.92. The second-order valence-corrected chi connectivity index (χ2v) is 9.19. The van der Waals surface area contributed by atoms with Crippen LogP contribution in [0.25, 0.3) is 0 Å². The Morgan fingerprint density at radius 3 is 2.57 bits per heavy atom. The van der Waals surface area contributed by atoms with E-state index in [-0.39, 0.29) is 37.9 Å². The number of halogens is 6. The van der Waals surface area contributed by atoms with Crippen molar-refractivity contribution >= 4 is 34.9 Å². The molecule has 0 aliphatic carbocycles. The molecule has 0 radical (unpaired) electrons. The van der Waals surface area contributed by atoms with Gasteiger partial charge >= 0.3 is 6.18 Å². The fourth-order valence-electron chi connectivity index (χ4n) is 4.08.